The van der Waals surface area contributed by atoms with Crippen LogP contribution in [0.3, 0.4) is 0 Å². The van der Waals surface area contributed by atoms with Crippen LogP contribution in [0.5, 0.6) is 11.5 Å². The van der Waals surface area contributed by atoms with Crippen LogP contribution in [0.2, 0.25) is 0 Å². The third kappa shape index (κ3) is 3.88. The predicted molar refractivity (Wildman–Crippen MR) is 72.6 cm³/mol. The number of aldehydes is 1. The first-order valence-corrected chi connectivity index (χ1v) is 6.08. The second kappa shape index (κ2) is 5.81. The lowest BCUT2D eigenvalue weighted by atomic mass is 10.1. The van der Waals surface area contributed by atoms with E-state index in [-0.39, 0.29) is 17.1 Å². The van der Waals surface area contributed by atoms with E-state index in [1.807, 2.05) is 0 Å². The van der Waals surface area contributed by atoms with E-state index in [0.717, 1.165) is 4.90 Å². The van der Waals surface area contributed by atoms with Crippen molar-refractivity contribution in [2.45, 2.75) is 32.4 Å². The number of likely N-dealkylation sites (N-methyl/N-ethyl adjacent to an activating group) is 1. The van der Waals surface area contributed by atoms with Gasteiger partial charge in [-0.05, 0) is 39.0 Å². The molecule has 1 aromatic rings. The molecular formula is C14H19NO5. The zero-order chi connectivity index (χ0) is 15.5. The molecule has 0 aliphatic rings. The van der Waals surface area contributed by atoms with E-state index in [9.17, 15) is 19.8 Å². The van der Waals surface area contributed by atoms with Crippen molar-refractivity contribution in [1.82, 2.24) is 4.90 Å². The zero-order valence-corrected chi connectivity index (χ0v) is 12.0. The molecule has 0 radical (unpaired) electrons. The van der Waals surface area contributed by atoms with Crippen molar-refractivity contribution < 1.29 is 24.5 Å². The molecule has 1 amide bonds. The Morgan fingerprint density at radius 3 is 2.45 bits per heavy atom. The highest BCUT2D eigenvalue weighted by molar-refractivity contribution is 5.75. The van der Waals surface area contributed by atoms with Gasteiger partial charge in [-0.2, -0.15) is 0 Å². The van der Waals surface area contributed by atoms with Gasteiger partial charge in [-0.1, -0.05) is 0 Å². The standard InChI is InChI=1S/C14H19NO5/c1-14(2,3)20-13(19)15(4)11(8-16)10-7-9(17)5-6-12(10)18/h5-8,11,17-18H,1-4H3. The summed E-state index contributed by atoms with van der Waals surface area (Å²) >= 11 is 0. The lowest BCUT2D eigenvalue weighted by Gasteiger charge is -2.28. The van der Waals surface area contributed by atoms with E-state index in [2.05, 4.69) is 0 Å². The average molecular weight is 281 g/mol. The fourth-order valence-corrected chi connectivity index (χ4v) is 1.60. The minimum Gasteiger partial charge on any atom is -0.508 e. The van der Waals surface area contributed by atoms with Gasteiger partial charge >= 0.3 is 6.09 Å². The third-order valence-electron chi connectivity index (χ3n) is 2.56. The van der Waals surface area contributed by atoms with Gasteiger partial charge in [-0.3, -0.25) is 4.90 Å². The van der Waals surface area contributed by atoms with E-state index < -0.39 is 17.7 Å². The second-order valence-corrected chi connectivity index (χ2v) is 5.42. The van der Waals surface area contributed by atoms with Crippen LogP contribution < -0.4 is 0 Å². The Hall–Kier alpha value is -2.24. The highest BCUT2D eigenvalue weighted by atomic mass is 16.6. The predicted octanol–water partition coefficient (Wildman–Crippen LogP) is 2.20. The maximum Gasteiger partial charge on any atom is 0.410 e. The second-order valence-electron chi connectivity index (χ2n) is 5.42. The van der Waals surface area contributed by atoms with Crippen LogP contribution in [0, 0.1) is 0 Å². The molecule has 0 aliphatic heterocycles. The number of carbonyl (C=O) groups excluding carboxylic acids is 2. The number of aromatic hydroxyl groups is 2. The summed E-state index contributed by atoms with van der Waals surface area (Å²) in [5.41, 5.74) is -0.562. The molecule has 2 N–H and O–H groups in total. The van der Waals surface area contributed by atoms with E-state index in [4.69, 9.17) is 4.74 Å². The molecule has 0 saturated carbocycles. The summed E-state index contributed by atoms with van der Waals surface area (Å²) in [6, 6.07) is 2.73. The Labute approximate surface area is 117 Å². The zero-order valence-electron chi connectivity index (χ0n) is 12.0. The normalized spacial score (nSPS) is 12.6. The number of nitrogens with zero attached hydrogens (tertiary/aromatic N) is 1. The molecule has 1 aromatic carbocycles. The van der Waals surface area contributed by atoms with Gasteiger partial charge in [0.2, 0.25) is 0 Å². The SMILES string of the molecule is CN(C(=O)OC(C)(C)C)C(C=O)c1cc(O)ccc1O. The van der Waals surface area contributed by atoms with Crippen LogP contribution in [0.4, 0.5) is 4.79 Å². The number of hydrogen-bond acceptors (Lipinski definition) is 5. The average Bonchev–Trinajstić information content (AvgIpc) is 2.32. The van der Waals surface area contributed by atoms with Gasteiger partial charge in [0.15, 0.2) is 0 Å². The van der Waals surface area contributed by atoms with Gasteiger partial charge < -0.3 is 19.7 Å². The number of benzene rings is 1. The summed E-state index contributed by atoms with van der Waals surface area (Å²) in [6.07, 6.45) is -0.198. The number of phenolic OH excluding ortho intramolecular Hbond substituents is 2. The minimum atomic E-state index is -1.04. The molecule has 1 unspecified atom stereocenters. The number of hydrogen-bond donors (Lipinski definition) is 2. The fraction of sp³-hybridized carbons (Fsp3) is 0.429. The number of ether oxygens (including phenoxy) is 1. The van der Waals surface area contributed by atoms with Crippen molar-refractivity contribution in [1.29, 1.82) is 0 Å². The van der Waals surface area contributed by atoms with Gasteiger partial charge in [0.05, 0.1) is 0 Å². The van der Waals surface area contributed by atoms with Crippen LogP contribution in [0.25, 0.3) is 0 Å². The van der Waals surface area contributed by atoms with Gasteiger partial charge in [0.25, 0.3) is 0 Å². The summed E-state index contributed by atoms with van der Waals surface area (Å²) in [7, 11) is 1.39. The molecule has 0 heterocycles. The Balaban J connectivity index is 3.04. The third-order valence-corrected chi connectivity index (χ3v) is 2.56. The number of phenols is 2. The van der Waals surface area contributed by atoms with E-state index >= 15 is 0 Å². The van der Waals surface area contributed by atoms with E-state index in [1.54, 1.807) is 20.8 Å². The van der Waals surface area contributed by atoms with E-state index in [1.165, 1.54) is 25.2 Å². The summed E-state index contributed by atoms with van der Waals surface area (Å²) < 4.78 is 5.16. The quantitative estimate of drug-likeness (QED) is 0.655. The van der Waals surface area contributed by atoms with Crippen LogP contribution in [0.1, 0.15) is 32.4 Å². The van der Waals surface area contributed by atoms with Crippen molar-refractivity contribution in [3.63, 3.8) is 0 Å². The van der Waals surface area contributed by atoms with Crippen LogP contribution >= 0.6 is 0 Å². The van der Waals surface area contributed by atoms with Crippen molar-refractivity contribution in [2.24, 2.45) is 0 Å². The first kappa shape index (κ1) is 15.8. The Morgan fingerprint density at radius 2 is 1.95 bits per heavy atom. The van der Waals surface area contributed by atoms with E-state index in [0.29, 0.717) is 6.29 Å². The number of amides is 1. The van der Waals surface area contributed by atoms with Gasteiger partial charge in [0, 0.05) is 12.6 Å². The smallest absolute Gasteiger partial charge is 0.410 e. The first-order valence-electron chi connectivity index (χ1n) is 6.08. The van der Waals surface area contributed by atoms with Crippen molar-refractivity contribution in [3.05, 3.63) is 23.8 Å². The molecule has 6 heteroatoms. The summed E-state index contributed by atoms with van der Waals surface area (Å²) in [5.74, 6) is -0.294. The monoisotopic (exact) mass is 281 g/mol. The van der Waals surface area contributed by atoms with Gasteiger partial charge in [-0.25, -0.2) is 4.79 Å². The van der Waals surface area contributed by atoms with Crippen molar-refractivity contribution >= 4 is 12.4 Å². The summed E-state index contributed by atoms with van der Waals surface area (Å²) in [6.45, 7) is 5.13. The Bertz CT molecular complexity index is 507. The van der Waals surface area contributed by atoms with Gasteiger partial charge in [-0.15, -0.1) is 0 Å². The molecule has 0 bridgehead atoms. The molecule has 0 aliphatic carbocycles. The molecule has 20 heavy (non-hydrogen) atoms. The largest absolute Gasteiger partial charge is 0.508 e. The number of rotatable bonds is 3. The van der Waals surface area contributed by atoms with Gasteiger partial charge in [0.1, 0.15) is 29.4 Å². The molecule has 0 aromatic heterocycles. The lowest BCUT2D eigenvalue weighted by molar-refractivity contribution is -0.112. The molecule has 1 atom stereocenters. The molecule has 1 rings (SSSR count). The first-order chi connectivity index (χ1) is 9.15. The van der Waals surface area contributed by atoms with Crippen molar-refractivity contribution in [2.75, 3.05) is 7.05 Å². The topological polar surface area (TPSA) is 87.1 Å². The lowest BCUT2D eigenvalue weighted by Crippen LogP contribution is -2.37. The molecule has 0 spiro atoms. The molecular weight excluding hydrogens is 262 g/mol. The Kier molecular flexibility index (Phi) is 4.60. The maximum atomic E-state index is 11.9. The highest BCUT2D eigenvalue weighted by Crippen LogP contribution is 2.30. The van der Waals surface area contributed by atoms with Crippen molar-refractivity contribution in [3.8, 4) is 11.5 Å². The summed E-state index contributed by atoms with van der Waals surface area (Å²) in [4.78, 5) is 24.2. The molecule has 0 saturated heterocycles. The van der Waals surface area contributed by atoms with Crippen LogP contribution in [-0.4, -0.2) is 40.1 Å². The van der Waals surface area contributed by atoms with Crippen LogP contribution in [-0.2, 0) is 9.53 Å². The Morgan fingerprint density at radius 1 is 1.35 bits per heavy atom. The molecule has 6 nitrogen and oxygen atoms in total. The minimum absolute atomic E-state index is 0.109. The fourth-order valence-electron chi connectivity index (χ4n) is 1.60. The highest BCUT2D eigenvalue weighted by Gasteiger charge is 2.28. The molecule has 110 valence electrons. The molecule has 0 fully saturated rings. The maximum absolute atomic E-state index is 11.9. The van der Waals surface area contributed by atoms with Crippen LogP contribution in [0.15, 0.2) is 18.2 Å². The summed E-state index contributed by atoms with van der Waals surface area (Å²) in [5, 5.41) is 19.2. The number of carbonyl (C=O) groups is 2.